The molecule has 0 saturated carbocycles. The molecule has 30 heavy (non-hydrogen) atoms. The van der Waals surface area contributed by atoms with Crippen molar-refractivity contribution in [1.29, 1.82) is 0 Å². The summed E-state index contributed by atoms with van der Waals surface area (Å²) in [5.41, 5.74) is 1.11. The number of fused-ring (bicyclic) bond motifs is 1. The molecule has 3 rings (SSSR count). The quantitative estimate of drug-likeness (QED) is 0.404. The second kappa shape index (κ2) is 8.85. The smallest absolute Gasteiger partial charge is 0.192 e. The van der Waals surface area contributed by atoms with Crippen LogP contribution in [0.1, 0.15) is 46.6 Å². The molecule has 5 atom stereocenters. The zero-order valence-electron chi connectivity index (χ0n) is 19.5. The third-order valence-corrected chi connectivity index (χ3v) is 10.8. The van der Waals surface area contributed by atoms with Crippen molar-refractivity contribution < 1.29 is 23.4 Å². The van der Waals surface area contributed by atoms with E-state index < -0.39 is 20.4 Å². The lowest BCUT2D eigenvalue weighted by atomic mass is 10.0. The normalized spacial score (nSPS) is 29.6. The SMILES string of the molecule is C=CC[C@@H](O[Si](C)(C)C(C)(C)C)[C@H]1O[C@@H]2OC(C)(C)O[C@@H]2[C@H]1OCc1ccccc1. The molecular formula is C24H38O5Si. The van der Waals surface area contributed by atoms with Crippen LogP contribution in [0.2, 0.25) is 18.1 Å². The largest absolute Gasteiger partial charge is 0.411 e. The Morgan fingerprint density at radius 1 is 1.17 bits per heavy atom. The summed E-state index contributed by atoms with van der Waals surface area (Å²) in [6, 6.07) is 10.2. The standard InChI is InChI=1S/C24H38O5Si/c1-9-13-18(29-30(7,8)23(2,3)4)19-20(25-16-17-14-11-10-12-15-17)21-22(26-19)28-24(5,6)27-21/h9-12,14-15,18-22H,1,13,16H2,2-8H3/t18-,19-,20+,21-,22-/m1/s1. The maximum atomic E-state index is 6.78. The molecule has 0 spiro atoms. The van der Waals surface area contributed by atoms with Crippen molar-refractivity contribution >= 4 is 8.32 Å². The fourth-order valence-corrected chi connectivity index (χ4v) is 5.07. The van der Waals surface area contributed by atoms with Crippen LogP contribution in [0, 0.1) is 0 Å². The zero-order valence-corrected chi connectivity index (χ0v) is 20.5. The van der Waals surface area contributed by atoms with Crippen LogP contribution in [0.5, 0.6) is 0 Å². The molecule has 2 aliphatic rings. The Labute approximate surface area is 182 Å². The van der Waals surface area contributed by atoms with Gasteiger partial charge in [-0.05, 0) is 44.0 Å². The number of hydrogen-bond donors (Lipinski definition) is 0. The molecule has 2 saturated heterocycles. The summed E-state index contributed by atoms with van der Waals surface area (Å²) in [5, 5.41) is 0.0935. The summed E-state index contributed by atoms with van der Waals surface area (Å²) >= 11 is 0. The molecule has 5 nitrogen and oxygen atoms in total. The average Bonchev–Trinajstić information content (AvgIpc) is 3.11. The van der Waals surface area contributed by atoms with Gasteiger partial charge < -0.3 is 23.4 Å². The van der Waals surface area contributed by atoms with Crippen molar-refractivity contribution in [3.8, 4) is 0 Å². The Morgan fingerprint density at radius 2 is 1.83 bits per heavy atom. The minimum Gasteiger partial charge on any atom is -0.411 e. The maximum Gasteiger partial charge on any atom is 0.192 e. The topological polar surface area (TPSA) is 46.2 Å². The second-order valence-electron chi connectivity index (χ2n) is 10.3. The summed E-state index contributed by atoms with van der Waals surface area (Å²) in [4.78, 5) is 0. The lowest BCUT2D eigenvalue weighted by Crippen LogP contribution is -2.50. The predicted octanol–water partition coefficient (Wildman–Crippen LogP) is 5.41. The molecule has 2 aliphatic heterocycles. The van der Waals surface area contributed by atoms with Crippen molar-refractivity contribution in [1.82, 2.24) is 0 Å². The maximum absolute atomic E-state index is 6.78. The summed E-state index contributed by atoms with van der Waals surface area (Å²) < 4.78 is 31.8. The fraction of sp³-hybridized carbons (Fsp3) is 0.667. The van der Waals surface area contributed by atoms with Crippen LogP contribution in [-0.4, -0.2) is 44.8 Å². The van der Waals surface area contributed by atoms with Crippen molar-refractivity contribution in [2.24, 2.45) is 0 Å². The lowest BCUT2D eigenvalue weighted by Gasteiger charge is -2.41. The Balaban J connectivity index is 1.82. The summed E-state index contributed by atoms with van der Waals surface area (Å²) in [6.45, 7) is 19.5. The molecule has 1 aromatic carbocycles. The van der Waals surface area contributed by atoms with Crippen LogP contribution in [0.4, 0.5) is 0 Å². The second-order valence-corrected chi connectivity index (χ2v) is 15.0. The minimum atomic E-state index is -2.02. The van der Waals surface area contributed by atoms with Crippen LogP contribution in [0.3, 0.4) is 0 Å². The van der Waals surface area contributed by atoms with Crippen molar-refractivity contribution in [3.63, 3.8) is 0 Å². The first-order valence-electron chi connectivity index (χ1n) is 10.9. The van der Waals surface area contributed by atoms with Crippen LogP contribution in [-0.2, 0) is 30.0 Å². The highest BCUT2D eigenvalue weighted by Gasteiger charge is 2.58. The summed E-state index contributed by atoms with van der Waals surface area (Å²) in [7, 11) is -2.02. The molecule has 2 heterocycles. The van der Waals surface area contributed by atoms with E-state index in [4.69, 9.17) is 23.4 Å². The van der Waals surface area contributed by atoms with Crippen LogP contribution >= 0.6 is 0 Å². The molecule has 2 fully saturated rings. The average molecular weight is 435 g/mol. The molecule has 0 unspecified atom stereocenters. The van der Waals surface area contributed by atoms with E-state index in [2.05, 4.69) is 52.6 Å². The van der Waals surface area contributed by atoms with Gasteiger partial charge in [0.15, 0.2) is 20.4 Å². The van der Waals surface area contributed by atoms with Gasteiger partial charge in [0, 0.05) is 0 Å². The van der Waals surface area contributed by atoms with Gasteiger partial charge in [0.1, 0.15) is 18.3 Å². The van der Waals surface area contributed by atoms with E-state index >= 15 is 0 Å². The Kier molecular flexibility index (Phi) is 6.97. The molecule has 168 valence electrons. The highest BCUT2D eigenvalue weighted by molar-refractivity contribution is 6.74. The Bertz CT molecular complexity index is 712. The monoisotopic (exact) mass is 434 g/mol. The van der Waals surface area contributed by atoms with E-state index in [-0.39, 0.29) is 29.5 Å². The molecular weight excluding hydrogens is 396 g/mol. The first-order chi connectivity index (χ1) is 13.9. The number of ether oxygens (including phenoxy) is 4. The third kappa shape index (κ3) is 5.23. The first kappa shape index (κ1) is 23.6. The van der Waals surface area contributed by atoms with Gasteiger partial charge in [0.2, 0.25) is 0 Å². The van der Waals surface area contributed by atoms with Gasteiger partial charge in [0.25, 0.3) is 0 Å². The fourth-order valence-electron chi connectivity index (χ4n) is 3.73. The number of benzene rings is 1. The van der Waals surface area contributed by atoms with Gasteiger partial charge in [-0.2, -0.15) is 0 Å². The molecule has 6 heteroatoms. The Hall–Kier alpha value is -1.02. The van der Waals surface area contributed by atoms with E-state index in [1.807, 2.05) is 38.1 Å². The minimum absolute atomic E-state index is 0.0935. The van der Waals surface area contributed by atoms with Gasteiger partial charge in [-0.3, -0.25) is 0 Å². The number of rotatable bonds is 8. The highest BCUT2D eigenvalue weighted by atomic mass is 28.4. The van der Waals surface area contributed by atoms with Crippen LogP contribution in [0.25, 0.3) is 0 Å². The van der Waals surface area contributed by atoms with E-state index in [9.17, 15) is 0 Å². The highest BCUT2D eigenvalue weighted by Crippen LogP contribution is 2.43. The molecule has 0 aliphatic carbocycles. The molecule has 0 N–H and O–H groups in total. The van der Waals surface area contributed by atoms with Crippen LogP contribution in [0.15, 0.2) is 43.0 Å². The molecule has 0 bridgehead atoms. The zero-order chi connectivity index (χ0) is 22.2. The first-order valence-corrected chi connectivity index (χ1v) is 13.8. The van der Waals surface area contributed by atoms with Crippen LogP contribution < -0.4 is 0 Å². The van der Waals surface area contributed by atoms with Gasteiger partial charge in [-0.1, -0.05) is 57.2 Å². The third-order valence-electron chi connectivity index (χ3n) is 6.33. The Morgan fingerprint density at radius 3 is 2.43 bits per heavy atom. The lowest BCUT2D eigenvalue weighted by molar-refractivity contribution is -0.229. The van der Waals surface area contributed by atoms with Gasteiger partial charge in [-0.15, -0.1) is 6.58 Å². The molecule has 0 radical (unpaired) electrons. The van der Waals surface area contributed by atoms with E-state index in [1.165, 1.54) is 0 Å². The predicted molar refractivity (Wildman–Crippen MR) is 121 cm³/mol. The molecule has 0 amide bonds. The van der Waals surface area contributed by atoms with Gasteiger partial charge in [0.05, 0.1) is 12.7 Å². The summed E-state index contributed by atoms with van der Waals surface area (Å²) in [5.74, 6) is -0.692. The van der Waals surface area contributed by atoms with Gasteiger partial charge >= 0.3 is 0 Å². The van der Waals surface area contributed by atoms with E-state index in [0.29, 0.717) is 13.0 Å². The van der Waals surface area contributed by atoms with E-state index in [0.717, 1.165) is 5.56 Å². The number of hydrogen-bond acceptors (Lipinski definition) is 5. The molecule has 0 aromatic heterocycles. The van der Waals surface area contributed by atoms with Crippen molar-refractivity contribution in [2.45, 2.75) is 102 Å². The van der Waals surface area contributed by atoms with E-state index in [1.54, 1.807) is 0 Å². The van der Waals surface area contributed by atoms with Crippen molar-refractivity contribution in [2.75, 3.05) is 0 Å². The van der Waals surface area contributed by atoms with Gasteiger partial charge in [-0.25, -0.2) is 0 Å². The molecule has 1 aromatic rings. The van der Waals surface area contributed by atoms with Crippen molar-refractivity contribution in [3.05, 3.63) is 48.6 Å². The summed E-state index contributed by atoms with van der Waals surface area (Å²) in [6.07, 6.45) is 1.11.